The Morgan fingerprint density at radius 1 is 0.941 bits per heavy atom. The monoisotopic (exact) mass is 242 g/mol. The maximum absolute atomic E-state index is 5.67. The second kappa shape index (κ2) is 9.83. The molecule has 0 bridgehead atoms. The Morgan fingerprint density at radius 2 is 1.59 bits per heavy atom. The molecular formula is C13H30N4. The van der Waals surface area contributed by atoms with E-state index in [1.54, 1.807) is 0 Å². The molecule has 5 N–H and O–H groups in total. The van der Waals surface area contributed by atoms with Gasteiger partial charge in [-0.05, 0) is 45.3 Å². The van der Waals surface area contributed by atoms with Gasteiger partial charge in [-0.3, -0.25) is 5.84 Å². The third-order valence-corrected chi connectivity index (χ3v) is 3.65. The average molecular weight is 242 g/mol. The van der Waals surface area contributed by atoms with Crippen LogP contribution in [0.4, 0.5) is 0 Å². The predicted molar refractivity (Wildman–Crippen MR) is 73.3 cm³/mol. The Morgan fingerprint density at radius 3 is 2.29 bits per heavy atom. The lowest BCUT2D eigenvalue weighted by atomic mass is 10.1. The fourth-order valence-corrected chi connectivity index (χ4v) is 2.50. The van der Waals surface area contributed by atoms with Gasteiger partial charge in [0.2, 0.25) is 0 Å². The number of piperidine rings is 1. The molecule has 1 fully saturated rings. The SMILES string of the molecule is NNC(N)CCCCCCCN1CCCCC1. The molecule has 0 saturated carbocycles. The molecule has 1 atom stereocenters. The van der Waals surface area contributed by atoms with Crippen molar-refractivity contribution in [3.8, 4) is 0 Å². The molecule has 0 spiro atoms. The minimum Gasteiger partial charge on any atom is -0.315 e. The average Bonchev–Trinajstić information content (AvgIpc) is 2.38. The first-order chi connectivity index (χ1) is 8.33. The van der Waals surface area contributed by atoms with Gasteiger partial charge in [0.25, 0.3) is 0 Å². The Bertz CT molecular complexity index is 169. The van der Waals surface area contributed by atoms with Crippen LogP contribution in [0.3, 0.4) is 0 Å². The largest absolute Gasteiger partial charge is 0.315 e. The lowest BCUT2D eigenvalue weighted by molar-refractivity contribution is 0.224. The zero-order valence-corrected chi connectivity index (χ0v) is 11.2. The quantitative estimate of drug-likeness (QED) is 0.248. The summed E-state index contributed by atoms with van der Waals surface area (Å²) < 4.78 is 0. The smallest absolute Gasteiger partial charge is 0.0676 e. The molecular weight excluding hydrogens is 212 g/mol. The Labute approximate surface area is 106 Å². The van der Waals surface area contributed by atoms with E-state index in [0.717, 1.165) is 6.42 Å². The van der Waals surface area contributed by atoms with Crippen LogP contribution in [0.2, 0.25) is 0 Å². The van der Waals surface area contributed by atoms with E-state index >= 15 is 0 Å². The predicted octanol–water partition coefficient (Wildman–Crippen LogP) is 1.56. The van der Waals surface area contributed by atoms with E-state index in [9.17, 15) is 0 Å². The zero-order valence-electron chi connectivity index (χ0n) is 11.2. The first-order valence-corrected chi connectivity index (χ1v) is 7.27. The summed E-state index contributed by atoms with van der Waals surface area (Å²) in [5.74, 6) is 5.24. The summed E-state index contributed by atoms with van der Waals surface area (Å²) in [5, 5.41) is 0. The van der Waals surface area contributed by atoms with Crippen LogP contribution < -0.4 is 17.0 Å². The van der Waals surface area contributed by atoms with Crippen molar-refractivity contribution in [2.75, 3.05) is 19.6 Å². The first kappa shape index (κ1) is 14.9. The van der Waals surface area contributed by atoms with Gasteiger partial charge in [-0.1, -0.05) is 32.1 Å². The maximum atomic E-state index is 5.67. The summed E-state index contributed by atoms with van der Waals surface area (Å²) >= 11 is 0. The Kier molecular flexibility index (Phi) is 8.61. The van der Waals surface area contributed by atoms with Crippen molar-refractivity contribution in [1.29, 1.82) is 0 Å². The van der Waals surface area contributed by atoms with Crippen molar-refractivity contribution in [1.82, 2.24) is 10.3 Å². The van der Waals surface area contributed by atoms with Crippen LogP contribution in [0.5, 0.6) is 0 Å². The molecule has 1 aliphatic rings. The number of hydrogen-bond donors (Lipinski definition) is 3. The summed E-state index contributed by atoms with van der Waals surface area (Å²) in [6.07, 6.45) is 11.8. The van der Waals surface area contributed by atoms with Gasteiger partial charge in [0.1, 0.15) is 0 Å². The van der Waals surface area contributed by atoms with Gasteiger partial charge < -0.3 is 10.6 Å². The zero-order chi connectivity index (χ0) is 12.3. The van der Waals surface area contributed by atoms with Crippen LogP contribution in [0, 0.1) is 0 Å². The molecule has 1 unspecified atom stereocenters. The molecule has 0 aromatic heterocycles. The topological polar surface area (TPSA) is 67.3 Å². The van der Waals surface area contributed by atoms with Crippen molar-refractivity contribution in [3.63, 3.8) is 0 Å². The molecule has 17 heavy (non-hydrogen) atoms. The van der Waals surface area contributed by atoms with Crippen molar-refractivity contribution < 1.29 is 0 Å². The fourth-order valence-electron chi connectivity index (χ4n) is 2.50. The molecule has 0 radical (unpaired) electrons. The molecule has 1 saturated heterocycles. The number of hydrazine groups is 1. The summed E-state index contributed by atoms with van der Waals surface area (Å²) in [6.45, 7) is 3.97. The lowest BCUT2D eigenvalue weighted by Gasteiger charge is -2.26. The van der Waals surface area contributed by atoms with E-state index in [0.29, 0.717) is 0 Å². The van der Waals surface area contributed by atoms with Crippen LogP contribution in [-0.2, 0) is 0 Å². The number of unbranched alkanes of at least 4 members (excludes halogenated alkanes) is 4. The van der Waals surface area contributed by atoms with Gasteiger partial charge in [-0.25, -0.2) is 5.43 Å². The van der Waals surface area contributed by atoms with E-state index < -0.39 is 0 Å². The summed E-state index contributed by atoms with van der Waals surface area (Å²) in [4.78, 5) is 2.62. The van der Waals surface area contributed by atoms with Gasteiger partial charge in [0.15, 0.2) is 0 Å². The highest BCUT2D eigenvalue weighted by atomic mass is 15.3. The Balaban J connectivity index is 1.80. The number of nitrogens with two attached hydrogens (primary N) is 2. The second-order valence-corrected chi connectivity index (χ2v) is 5.23. The molecule has 1 heterocycles. The number of likely N-dealkylation sites (tertiary alicyclic amines) is 1. The molecule has 1 aliphatic heterocycles. The second-order valence-electron chi connectivity index (χ2n) is 5.23. The van der Waals surface area contributed by atoms with Crippen LogP contribution in [-0.4, -0.2) is 30.7 Å². The van der Waals surface area contributed by atoms with Gasteiger partial charge in [-0.15, -0.1) is 0 Å². The number of hydrogen-bond acceptors (Lipinski definition) is 4. The van der Waals surface area contributed by atoms with Crippen LogP contribution in [0.1, 0.15) is 57.8 Å². The summed E-state index contributed by atoms with van der Waals surface area (Å²) in [5.41, 5.74) is 8.25. The van der Waals surface area contributed by atoms with E-state index in [1.807, 2.05) is 0 Å². The van der Waals surface area contributed by atoms with Gasteiger partial charge in [0, 0.05) is 0 Å². The van der Waals surface area contributed by atoms with E-state index in [2.05, 4.69) is 10.3 Å². The minimum atomic E-state index is -0.0247. The molecule has 0 aliphatic carbocycles. The molecule has 102 valence electrons. The van der Waals surface area contributed by atoms with Gasteiger partial charge in [0.05, 0.1) is 6.17 Å². The normalized spacial score (nSPS) is 19.4. The molecule has 0 amide bonds. The third-order valence-electron chi connectivity index (χ3n) is 3.65. The lowest BCUT2D eigenvalue weighted by Crippen LogP contribution is -2.41. The minimum absolute atomic E-state index is 0.0247. The van der Waals surface area contributed by atoms with Crippen LogP contribution in [0.25, 0.3) is 0 Å². The molecule has 1 rings (SSSR count). The maximum Gasteiger partial charge on any atom is 0.0676 e. The van der Waals surface area contributed by atoms with E-state index in [-0.39, 0.29) is 6.17 Å². The van der Waals surface area contributed by atoms with Crippen LogP contribution in [0.15, 0.2) is 0 Å². The van der Waals surface area contributed by atoms with Gasteiger partial charge >= 0.3 is 0 Å². The highest BCUT2D eigenvalue weighted by Gasteiger charge is 2.08. The van der Waals surface area contributed by atoms with Crippen molar-refractivity contribution >= 4 is 0 Å². The standard InChI is InChI=1S/C13H30N4/c14-13(16-15)9-5-2-1-3-6-10-17-11-7-4-8-12-17/h13,16H,1-12,14-15H2. The fraction of sp³-hybridized carbons (Fsp3) is 1.00. The highest BCUT2D eigenvalue weighted by molar-refractivity contribution is 4.64. The third kappa shape index (κ3) is 7.71. The first-order valence-electron chi connectivity index (χ1n) is 7.27. The summed E-state index contributed by atoms with van der Waals surface area (Å²) in [6, 6.07) is 0. The molecule has 0 aromatic carbocycles. The van der Waals surface area contributed by atoms with E-state index in [4.69, 9.17) is 11.6 Å². The van der Waals surface area contributed by atoms with Crippen LogP contribution >= 0.6 is 0 Å². The number of rotatable bonds is 9. The van der Waals surface area contributed by atoms with Crippen molar-refractivity contribution in [3.05, 3.63) is 0 Å². The number of nitrogens with zero attached hydrogens (tertiary/aromatic N) is 1. The molecule has 4 nitrogen and oxygen atoms in total. The number of nitrogens with one attached hydrogen (secondary N) is 1. The van der Waals surface area contributed by atoms with Crippen molar-refractivity contribution in [2.45, 2.75) is 64.0 Å². The van der Waals surface area contributed by atoms with Crippen molar-refractivity contribution in [2.24, 2.45) is 11.6 Å². The van der Waals surface area contributed by atoms with E-state index in [1.165, 1.54) is 71.0 Å². The molecule has 0 aromatic rings. The highest BCUT2D eigenvalue weighted by Crippen LogP contribution is 2.11. The molecule has 4 heteroatoms. The Hall–Kier alpha value is -0.160. The van der Waals surface area contributed by atoms with Gasteiger partial charge in [-0.2, -0.15) is 0 Å². The summed E-state index contributed by atoms with van der Waals surface area (Å²) in [7, 11) is 0.